The summed E-state index contributed by atoms with van der Waals surface area (Å²) in [6.07, 6.45) is -2.86. The zero-order valence-corrected chi connectivity index (χ0v) is 8.89. The van der Waals surface area contributed by atoms with Gasteiger partial charge in [-0.15, -0.1) is 0 Å². The van der Waals surface area contributed by atoms with E-state index in [2.05, 4.69) is 0 Å². The molecule has 1 aromatic carbocycles. The van der Waals surface area contributed by atoms with Crippen LogP contribution >= 0.6 is 11.6 Å². The normalized spacial score (nSPS) is 14.2. The summed E-state index contributed by atoms with van der Waals surface area (Å²) in [6, 6.07) is 4.13. The molecule has 1 aromatic rings. The predicted molar refractivity (Wildman–Crippen MR) is 57.0 cm³/mol. The molecule has 1 amide bonds. The molecule has 0 spiro atoms. The number of aliphatic hydroxyl groups excluding tert-OH is 2. The maximum absolute atomic E-state index is 10.7. The minimum absolute atomic E-state index is 0.0637. The average molecular weight is 244 g/mol. The third-order valence-corrected chi connectivity index (χ3v) is 2.32. The van der Waals surface area contributed by atoms with Crippen molar-refractivity contribution in [1.29, 1.82) is 0 Å². The van der Waals surface area contributed by atoms with E-state index in [9.17, 15) is 19.8 Å². The van der Waals surface area contributed by atoms with Crippen molar-refractivity contribution in [3.8, 4) is 0 Å². The van der Waals surface area contributed by atoms with Crippen molar-refractivity contribution in [3.63, 3.8) is 0 Å². The predicted octanol–water partition coefficient (Wildman–Crippen LogP) is 0.0321. The smallest absolute Gasteiger partial charge is 0.249 e. The molecule has 0 bridgehead atoms. The van der Waals surface area contributed by atoms with E-state index >= 15 is 0 Å². The van der Waals surface area contributed by atoms with Crippen LogP contribution in [0.1, 0.15) is 22.0 Å². The van der Waals surface area contributed by atoms with Crippen LogP contribution in [0.15, 0.2) is 18.2 Å². The van der Waals surface area contributed by atoms with Crippen molar-refractivity contribution < 1.29 is 19.8 Å². The Kier molecular flexibility index (Phi) is 4.00. The Bertz CT molecular complexity index is 421. The molecular formula is C10H10ClNO4. The van der Waals surface area contributed by atoms with Gasteiger partial charge in [0.15, 0.2) is 6.10 Å². The highest BCUT2D eigenvalue weighted by molar-refractivity contribution is 6.30. The largest absolute Gasteiger partial charge is 0.385 e. The molecule has 0 saturated heterocycles. The van der Waals surface area contributed by atoms with Crippen LogP contribution in [-0.2, 0) is 4.79 Å². The van der Waals surface area contributed by atoms with Crippen molar-refractivity contribution in [2.45, 2.75) is 12.2 Å². The third kappa shape index (κ3) is 2.57. The molecule has 0 aliphatic rings. The van der Waals surface area contributed by atoms with E-state index in [0.717, 1.165) is 0 Å². The van der Waals surface area contributed by atoms with Gasteiger partial charge in [0.1, 0.15) is 12.4 Å². The molecule has 5 nitrogen and oxygen atoms in total. The van der Waals surface area contributed by atoms with Crippen molar-refractivity contribution in [3.05, 3.63) is 34.3 Å². The van der Waals surface area contributed by atoms with E-state index < -0.39 is 18.1 Å². The number of carbonyl (C=O) groups is 2. The Labute approximate surface area is 96.4 Å². The number of halogens is 1. The molecule has 0 aliphatic carbocycles. The van der Waals surface area contributed by atoms with Crippen LogP contribution < -0.4 is 5.73 Å². The fraction of sp³-hybridized carbons (Fsp3) is 0.200. The fourth-order valence-corrected chi connectivity index (χ4v) is 1.42. The average Bonchev–Trinajstić information content (AvgIpc) is 2.26. The van der Waals surface area contributed by atoms with Gasteiger partial charge < -0.3 is 15.9 Å². The molecule has 0 heterocycles. The summed E-state index contributed by atoms with van der Waals surface area (Å²) in [5, 5.41) is 19.2. The zero-order chi connectivity index (χ0) is 12.3. The second-order valence-corrected chi connectivity index (χ2v) is 3.62. The molecule has 4 N–H and O–H groups in total. The van der Waals surface area contributed by atoms with Crippen LogP contribution in [0.5, 0.6) is 0 Å². The van der Waals surface area contributed by atoms with Gasteiger partial charge in [0.25, 0.3) is 0 Å². The monoisotopic (exact) mass is 243 g/mol. The van der Waals surface area contributed by atoms with Gasteiger partial charge in [-0.05, 0) is 23.8 Å². The fourth-order valence-electron chi connectivity index (χ4n) is 1.23. The van der Waals surface area contributed by atoms with Crippen LogP contribution in [0.4, 0.5) is 0 Å². The summed E-state index contributed by atoms with van der Waals surface area (Å²) in [5.41, 5.74) is 5.03. The molecule has 0 fully saturated rings. The Morgan fingerprint density at radius 1 is 1.44 bits per heavy atom. The van der Waals surface area contributed by atoms with E-state index in [1.54, 1.807) is 0 Å². The van der Waals surface area contributed by atoms with Gasteiger partial charge in [-0.1, -0.05) is 11.6 Å². The number of aliphatic hydroxyl groups is 2. The first-order valence-electron chi connectivity index (χ1n) is 4.37. The van der Waals surface area contributed by atoms with Crippen LogP contribution in [0.3, 0.4) is 0 Å². The maximum atomic E-state index is 10.7. The van der Waals surface area contributed by atoms with Crippen molar-refractivity contribution in [1.82, 2.24) is 0 Å². The Morgan fingerprint density at radius 2 is 2.06 bits per heavy atom. The summed E-state index contributed by atoms with van der Waals surface area (Å²) in [4.78, 5) is 21.4. The highest BCUT2D eigenvalue weighted by atomic mass is 35.5. The lowest BCUT2D eigenvalue weighted by atomic mass is 9.99. The number of aldehydes is 1. The van der Waals surface area contributed by atoms with E-state index in [4.69, 9.17) is 17.3 Å². The van der Waals surface area contributed by atoms with Crippen LogP contribution in [0, 0.1) is 0 Å². The SMILES string of the molecule is NC(=O)C(O)C(O)c1cc(Cl)ccc1C=O. The molecular weight excluding hydrogens is 234 g/mol. The maximum Gasteiger partial charge on any atom is 0.249 e. The first kappa shape index (κ1) is 12.6. The lowest BCUT2D eigenvalue weighted by Gasteiger charge is -2.16. The third-order valence-electron chi connectivity index (χ3n) is 2.09. The molecule has 2 unspecified atom stereocenters. The molecule has 0 radical (unpaired) electrons. The van der Waals surface area contributed by atoms with Gasteiger partial charge in [0, 0.05) is 10.6 Å². The van der Waals surface area contributed by atoms with Crippen LogP contribution in [0.2, 0.25) is 5.02 Å². The highest BCUT2D eigenvalue weighted by Gasteiger charge is 2.25. The molecule has 16 heavy (non-hydrogen) atoms. The number of carbonyl (C=O) groups excluding carboxylic acids is 2. The Hall–Kier alpha value is -1.43. The molecule has 1 rings (SSSR count). The Balaban J connectivity index is 3.15. The quantitative estimate of drug-likeness (QED) is 0.650. The van der Waals surface area contributed by atoms with Gasteiger partial charge in [0.05, 0.1) is 0 Å². The lowest BCUT2D eigenvalue weighted by molar-refractivity contribution is -0.132. The first-order chi connectivity index (χ1) is 7.47. The number of nitrogens with two attached hydrogens (primary N) is 1. The van der Waals surface area contributed by atoms with Gasteiger partial charge in [0.2, 0.25) is 5.91 Å². The number of hydrogen-bond donors (Lipinski definition) is 3. The number of amides is 1. The second kappa shape index (κ2) is 5.07. The minimum atomic E-state index is -1.78. The van der Waals surface area contributed by atoms with Crippen LogP contribution in [0.25, 0.3) is 0 Å². The molecule has 86 valence electrons. The highest BCUT2D eigenvalue weighted by Crippen LogP contribution is 2.23. The van der Waals surface area contributed by atoms with E-state index in [1.807, 2.05) is 0 Å². The van der Waals surface area contributed by atoms with Crippen LogP contribution in [-0.4, -0.2) is 28.5 Å². The van der Waals surface area contributed by atoms with E-state index in [0.29, 0.717) is 6.29 Å². The van der Waals surface area contributed by atoms with Crippen molar-refractivity contribution >= 4 is 23.8 Å². The van der Waals surface area contributed by atoms with Gasteiger partial charge in [-0.3, -0.25) is 9.59 Å². The zero-order valence-electron chi connectivity index (χ0n) is 8.13. The molecule has 0 aliphatic heterocycles. The summed E-state index contributed by atoms with van der Waals surface area (Å²) in [5.74, 6) is -1.08. The lowest BCUT2D eigenvalue weighted by Crippen LogP contribution is -2.34. The number of hydrogen-bond acceptors (Lipinski definition) is 4. The molecule has 0 saturated carbocycles. The van der Waals surface area contributed by atoms with Gasteiger partial charge in [-0.25, -0.2) is 0 Å². The minimum Gasteiger partial charge on any atom is -0.385 e. The summed E-state index contributed by atoms with van der Waals surface area (Å²) in [6.45, 7) is 0. The number of primary amides is 1. The molecule has 2 atom stereocenters. The van der Waals surface area contributed by atoms with E-state index in [1.165, 1.54) is 18.2 Å². The van der Waals surface area contributed by atoms with Crippen molar-refractivity contribution in [2.24, 2.45) is 5.73 Å². The Morgan fingerprint density at radius 3 is 2.56 bits per heavy atom. The topological polar surface area (TPSA) is 101 Å². The second-order valence-electron chi connectivity index (χ2n) is 3.18. The first-order valence-corrected chi connectivity index (χ1v) is 4.75. The van der Waals surface area contributed by atoms with E-state index in [-0.39, 0.29) is 16.1 Å². The number of rotatable bonds is 4. The molecule has 6 heteroatoms. The van der Waals surface area contributed by atoms with Gasteiger partial charge >= 0.3 is 0 Å². The van der Waals surface area contributed by atoms with Crippen molar-refractivity contribution in [2.75, 3.05) is 0 Å². The summed E-state index contributed by atoms with van der Waals surface area (Å²) >= 11 is 5.68. The summed E-state index contributed by atoms with van der Waals surface area (Å²) < 4.78 is 0. The molecule has 0 aromatic heterocycles. The standard InChI is InChI=1S/C10H10ClNO4/c11-6-2-1-5(4-13)7(3-6)8(14)9(15)10(12)16/h1-4,8-9,14-15H,(H2,12,16). The number of benzene rings is 1. The summed E-state index contributed by atoms with van der Waals surface area (Å²) in [7, 11) is 0. The van der Waals surface area contributed by atoms with Gasteiger partial charge in [-0.2, -0.15) is 0 Å².